The first-order valence-electron chi connectivity index (χ1n) is 8.96. The van der Waals surface area contributed by atoms with Crippen LogP contribution >= 0.6 is 12.4 Å². The second-order valence-electron chi connectivity index (χ2n) is 6.68. The normalized spacial score (nSPS) is 14.6. The highest BCUT2D eigenvalue weighted by Gasteiger charge is 2.36. The number of alkyl halides is 3. The van der Waals surface area contributed by atoms with Crippen LogP contribution in [-0.4, -0.2) is 53.1 Å². The highest BCUT2D eigenvalue weighted by molar-refractivity contribution is 5.96. The van der Waals surface area contributed by atoms with E-state index in [-0.39, 0.29) is 37.2 Å². The van der Waals surface area contributed by atoms with Crippen molar-refractivity contribution >= 4 is 24.3 Å². The van der Waals surface area contributed by atoms with Crippen molar-refractivity contribution in [3.8, 4) is 5.88 Å². The Bertz CT molecular complexity index is 840. The molecule has 29 heavy (non-hydrogen) atoms. The van der Waals surface area contributed by atoms with E-state index in [1.54, 1.807) is 12.3 Å². The third kappa shape index (κ3) is 5.50. The molecule has 158 valence electrons. The number of nitrogens with zero attached hydrogens (tertiary/aromatic N) is 4. The number of rotatable bonds is 4. The zero-order chi connectivity index (χ0) is 20.3. The molecule has 1 amide bonds. The first kappa shape index (κ1) is 22.7. The molecule has 1 fully saturated rings. The average Bonchev–Trinajstić information content (AvgIpc) is 2.66. The van der Waals surface area contributed by atoms with E-state index in [0.29, 0.717) is 24.9 Å². The van der Waals surface area contributed by atoms with E-state index >= 15 is 0 Å². The highest BCUT2D eigenvalue weighted by Crippen LogP contribution is 2.32. The van der Waals surface area contributed by atoms with Crippen LogP contribution in [0.1, 0.15) is 29.8 Å². The van der Waals surface area contributed by atoms with E-state index in [1.165, 1.54) is 23.1 Å². The van der Waals surface area contributed by atoms with Crippen LogP contribution < -0.4 is 9.64 Å². The average molecular weight is 431 g/mol. The maximum atomic E-state index is 13.2. The Balaban J connectivity index is 0.00000300. The van der Waals surface area contributed by atoms with Gasteiger partial charge in [-0.15, -0.1) is 12.4 Å². The maximum Gasteiger partial charge on any atom is 0.417 e. The van der Waals surface area contributed by atoms with Gasteiger partial charge >= 0.3 is 6.18 Å². The summed E-state index contributed by atoms with van der Waals surface area (Å²) < 4.78 is 45.1. The van der Waals surface area contributed by atoms with Gasteiger partial charge in [0, 0.05) is 38.4 Å². The predicted molar refractivity (Wildman–Crippen MR) is 105 cm³/mol. The molecule has 6 nitrogen and oxygen atoms in total. The fourth-order valence-corrected chi connectivity index (χ4v) is 2.99. The van der Waals surface area contributed by atoms with Gasteiger partial charge < -0.3 is 14.5 Å². The van der Waals surface area contributed by atoms with Gasteiger partial charge in [0.2, 0.25) is 11.8 Å². The number of anilines is 1. The van der Waals surface area contributed by atoms with E-state index in [9.17, 15) is 18.0 Å². The maximum absolute atomic E-state index is 13.2. The lowest BCUT2D eigenvalue weighted by molar-refractivity contribution is -0.138. The van der Waals surface area contributed by atoms with Crippen LogP contribution in [0.25, 0.3) is 0 Å². The zero-order valence-electron chi connectivity index (χ0n) is 16.0. The predicted octanol–water partition coefficient (Wildman–Crippen LogP) is 3.67. The summed E-state index contributed by atoms with van der Waals surface area (Å²) in [5.74, 6) is 0.309. The zero-order valence-corrected chi connectivity index (χ0v) is 16.8. The molecule has 0 bridgehead atoms. The standard InChI is InChI=1S/C19H21F3N4O2.ClH/c1-13(2)28-16-7-8-23-18(24-16)26-11-9-25(10-12-26)17(27)14-5-3-4-6-15(14)19(20,21)22;/h3-8,13H,9-12H2,1-2H3;1H. The van der Waals surface area contributed by atoms with Crippen molar-refractivity contribution < 1.29 is 22.7 Å². The van der Waals surface area contributed by atoms with Crippen molar-refractivity contribution in [2.45, 2.75) is 26.1 Å². The smallest absolute Gasteiger partial charge is 0.417 e. The van der Waals surface area contributed by atoms with Gasteiger partial charge in [-0.1, -0.05) is 12.1 Å². The molecule has 1 aliphatic rings. The number of carbonyl (C=O) groups is 1. The van der Waals surface area contributed by atoms with Crippen molar-refractivity contribution in [1.29, 1.82) is 0 Å². The van der Waals surface area contributed by atoms with Gasteiger partial charge in [-0.25, -0.2) is 4.98 Å². The summed E-state index contributed by atoms with van der Waals surface area (Å²) in [4.78, 5) is 24.5. The van der Waals surface area contributed by atoms with E-state index in [2.05, 4.69) is 9.97 Å². The molecule has 0 atom stereocenters. The Labute approximate surface area is 173 Å². The minimum atomic E-state index is -4.57. The molecule has 0 saturated carbocycles. The Hall–Kier alpha value is -2.55. The molecule has 0 spiro atoms. The molecule has 0 aliphatic carbocycles. The van der Waals surface area contributed by atoms with Crippen molar-refractivity contribution in [3.63, 3.8) is 0 Å². The molecule has 0 radical (unpaired) electrons. The number of halogens is 4. The molecule has 10 heteroatoms. The van der Waals surface area contributed by atoms with Crippen LogP contribution in [0.3, 0.4) is 0 Å². The summed E-state index contributed by atoms with van der Waals surface area (Å²) in [6.07, 6.45) is -3.00. The number of piperazine rings is 1. The molecule has 1 aliphatic heterocycles. The Kier molecular flexibility index (Phi) is 7.29. The van der Waals surface area contributed by atoms with E-state index in [0.717, 1.165) is 6.07 Å². The lowest BCUT2D eigenvalue weighted by Crippen LogP contribution is -2.49. The summed E-state index contributed by atoms with van der Waals surface area (Å²) in [5, 5.41) is 0. The summed E-state index contributed by atoms with van der Waals surface area (Å²) in [7, 11) is 0. The Morgan fingerprint density at radius 2 is 1.76 bits per heavy atom. The van der Waals surface area contributed by atoms with Crippen LogP contribution in [0.15, 0.2) is 36.5 Å². The quantitative estimate of drug-likeness (QED) is 0.740. The SMILES string of the molecule is CC(C)Oc1ccnc(N2CCN(C(=O)c3ccccc3C(F)(F)F)CC2)n1.Cl. The van der Waals surface area contributed by atoms with Crippen molar-refractivity contribution in [2.75, 3.05) is 31.1 Å². The van der Waals surface area contributed by atoms with Gasteiger partial charge in [-0.2, -0.15) is 18.2 Å². The third-order valence-corrected chi connectivity index (χ3v) is 4.29. The molecule has 0 N–H and O–H groups in total. The first-order valence-corrected chi connectivity index (χ1v) is 8.96. The fourth-order valence-electron chi connectivity index (χ4n) is 2.99. The number of benzene rings is 1. The second-order valence-corrected chi connectivity index (χ2v) is 6.68. The highest BCUT2D eigenvalue weighted by atomic mass is 35.5. The first-order chi connectivity index (χ1) is 13.3. The lowest BCUT2D eigenvalue weighted by Gasteiger charge is -2.35. The van der Waals surface area contributed by atoms with E-state index in [1.807, 2.05) is 18.7 Å². The van der Waals surface area contributed by atoms with Crippen LogP contribution in [0.4, 0.5) is 19.1 Å². The molecule has 3 rings (SSSR count). The molecular formula is C19H22ClF3N4O2. The Morgan fingerprint density at radius 1 is 1.10 bits per heavy atom. The van der Waals surface area contributed by atoms with Crippen molar-refractivity contribution in [3.05, 3.63) is 47.7 Å². The largest absolute Gasteiger partial charge is 0.475 e. The summed E-state index contributed by atoms with van der Waals surface area (Å²) in [6.45, 7) is 5.19. The molecule has 1 saturated heterocycles. The molecular weight excluding hydrogens is 409 g/mol. The van der Waals surface area contributed by atoms with Crippen LogP contribution in [0.2, 0.25) is 0 Å². The summed E-state index contributed by atoms with van der Waals surface area (Å²) in [5.41, 5.74) is -1.24. The van der Waals surface area contributed by atoms with Gasteiger partial charge in [0.1, 0.15) is 0 Å². The van der Waals surface area contributed by atoms with E-state index in [4.69, 9.17) is 4.74 Å². The minimum Gasteiger partial charge on any atom is -0.475 e. The van der Waals surface area contributed by atoms with Gasteiger partial charge in [0.15, 0.2) is 0 Å². The second kappa shape index (κ2) is 9.30. The number of ether oxygens (including phenoxy) is 1. The number of amides is 1. The Morgan fingerprint density at radius 3 is 2.38 bits per heavy atom. The fraction of sp³-hybridized carbons (Fsp3) is 0.421. The van der Waals surface area contributed by atoms with Crippen LogP contribution in [0.5, 0.6) is 5.88 Å². The number of hydrogen-bond donors (Lipinski definition) is 0. The lowest BCUT2D eigenvalue weighted by atomic mass is 10.1. The van der Waals surface area contributed by atoms with Gasteiger partial charge in [-0.05, 0) is 26.0 Å². The molecule has 0 unspecified atom stereocenters. The number of aromatic nitrogens is 2. The van der Waals surface area contributed by atoms with Gasteiger partial charge in [0.25, 0.3) is 5.91 Å². The van der Waals surface area contributed by atoms with E-state index < -0.39 is 17.6 Å². The molecule has 1 aromatic carbocycles. The van der Waals surface area contributed by atoms with Gasteiger partial charge in [0.05, 0.1) is 17.2 Å². The topological polar surface area (TPSA) is 58.6 Å². The third-order valence-electron chi connectivity index (χ3n) is 4.29. The van der Waals surface area contributed by atoms with Crippen molar-refractivity contribution in [2.24, 2.45) is 0 Å². The van der Waals surface area contributed by atoms with Crippen molar-refractivity contribution in [1.82, 2.24) is 14.9 Å². The minimum absolute atomic E-state index is 0. The number of hydrogen-bond acceptors (Lipinski definition) is 5. The van der Waals surface area contributed by atoms with Gasteiger partial charge in [-0.3, -0.25) is 4.79 Å². The molecule has 2 heterocycles. The van der Waals surface area contributed by atoms with Crippen LogP contribution in [0, 0.1) is 0 Å². The monoisotopic (exact) mass is 430 g/mol. The van der Waals surface area contributed by atoms with Crippen LogP contribution in [-0.2, 0) is 6.18 Å². The molecule has 1 aromatic heterocycles. The molecule has 2 aromatic rings. The number of carbonyl (C=O) groups excluding carboxylic acids is 1. The summed E-state index contributed by atoms with van der Waals surface area (Å²) in [6, 6.07) is 6.52. The summed E-state index contributed by atoms with van der Waals surface area (Å²) >= 11 is 0.